The number of hydrogen-bond acceptors (Lipinski definition) is 4. The van der Waals surface area contributed by atoms with Crippen molar-refractivity contribution in [2.75, 3.05) is 0 Å². The number of esters is 1. The molecule has 0 saturated heterocycles. The van der Waals surface area contributed by atoms with Crippen LogP contribution in [0.15, 0.2) is 29.4 Å². The third-order valence-electron chi connectivity index (χ3n) is 1.29. The maximum atomic E-state index is 11.7. The van der Waals surface area contributed by atoms with Crippen LogP contribution in [0.2, 0.25) is 0 Å². The smallest absolute Gasteiger partial charge is 0.308 e. The molecule has 0 saturated carbocycles. The van der Waals surface area contributed by atoms with Crippen LogP contribution < -0.4 is 4.74 Å². The van der Waals surface area contributed by atoms with Gasteiger partial charge >= 0.3 is 5.97 Å². The van der Waals surface area contributed by atoms with Crippen LogP contribution in [0.4, 0.5) is 10.2 Å². The van der Waals surface area contributed by atoms with Gasteiger partial charge in [0.25, 0.3) is 0 Å². The number of nitrogens with zero attached hydrogens (tertiary/aromatic N) is 2. The molecule has 1 aromatic carbocycles. The van der Waals surface area contributed by atoms with E-state index in [-0.39, 0.29) is 5.69 Å². The fourth-order valence-electron chi connectivity index (χ4n) is 0.838. The standard InChI is InChI=1S/C8H7FN2O3/c1-6(12)14-8-4-2-7(3-5-8)10-11(9)13/h2-5H,1H3. The Hall–Kier alpha value is -1.98. The second kappa shape index (κ2) is 4.31. The summed E-state index contributed by atoms with van der Waals surface area (Å²) < 4.78 is 16.4. The molecule has 0 N–H and O–H groups in total. The molecule has 0 amide bonds. The van der Waals surface area contributed by atoms with Crippen LogP contribution in [-0.4, -0.2) is 11.1 Å². The van der Waals surface area contributed by atoms with Gasteiger partial charge in [-0.3, -0.25) is 4.79 Å². The molecule has 0 spiro atoms. The Kier molecular flexibility index (Phi) is 3.11. The van der Waals surface area contributed by atoms with E-state index in [0.717, 1.165) is 0 Å². The summed E-state index contributed by atoms with van der Waals surface area (Å²) in [6, 6.07) is 5.51. The van der Waals surface area contributed by atoms with Gasteiger partial charge in [0.05, 0.1) is 5.11 Å². The topological polar surface area (TPSA) is 64.7 Å². The van der Waals surface area contributed by atoms with E-state index < -0.39 is 11.1 Å². The molecule has 0 bridgehead atoms. The Bertz CT molecular complexity index is 357. The molecule has 74 valence electrons. The molecule has 6 heteroatoms. The highest BCUT2D eigenvalue weighted by Crippen LogP contribution is 2.18. The summed E-state index contributed by atoms with van der Waals surface area (Å²) in [5.41, 5.74) is 0.137. The molecule has 14 heavy (non-hydrogen) atoms. The first kappa shape index (κ1) is 10.1. The van der Waals surface area contributed by atoms with Crippen LogP contribution in [0.5, 0.6) is 5.75 Å². The predicted octanol–water partition coefficient (Wildman–Crippen LogP) is 2.09. The summed E-state index contributed by atoms with van der Waals surface area (Å²) >= 11 is 0. The molecule has 0 aromatic heterocycles. The highest BCUT2D eigenvalue weighted by molar-refractivity contribution is 5.69. The summed E-state index contributed by atoms with van der Waals surface area (Å²) in [5, 5.41) is 11.8. The fraction of sp³-hybridized carbons (Fsp3) is 0.125. The van der Waals surface area contributed by atoms with Crippen LogP contribution in [0.1, 0.15) is 6.92 Å². The van der Waals surface area contributed by atoms with E-state index in [1.807, 2.05) is 0 Å². The molecule has 0 aliphatic carbocycles. The number of halogens is 1. The van der Waals surface area contributed by atoms with Gasteiger partial charge < -0.3 is 9.94 Å². The van der Waals surface area contributed by atoms with Crippen LogP contribution in [0, 0.1) is 5.21 Å². The maximum absolute atomic E-state index is 11.7. The molecular formula is C8H7FN2O3. The monoisotopic (exact) mass is 198 g/mol. The van der Waals surface area contributed by atoms with Crippen molar-refractivity contribution in [2.24, 2.45) is 5.11 Å². The van der Waals surface area contributed by atoms with Crippen molar-refractivity contribution in [3.05, 3.63) is 29.5 Å². The van der Waals surface area contributed by atoms with Crippen molar-refractivity contribution in [1.29, 1.82) is 0 Å². The van der Waals surface area contributed by atoms with Crippen molar-refractivity contribution >= 4 is 11.7 Å². The van der Waals surface area contributed by atoms with Crippen LogP contribution in [0.3, 0.4) is 0 Å². The van der Waals surface area contributed by atoms with E-state index in [4.69, 9.17) is 4.74 Å². The lowest BCUT2D eigenvalue weighted by Crippen LogP contribution is -2.00. The van der Waals surface area contributed by atoms with Gasteiger partial charge in [-0.25, -0.2) is 0 Å². The molecule has 0 fully saturated rings. The molecule has 1 rings (SSSR count). The van der Waals surface area contributed by atoms with Gasteiger partial charge in [0, 0.05) is 6.92 Å². The van der Waals surface area contributed by atoms with E-state index in [2.05, 4.69) is 5.11 Å². The zero-order valence-corrected chi connectivity index (χ0v) is 7.31. The van der Waals surface area contributed by atoms with Crippen molar-refractivity contribution in [3.63, 3.8) is 0 Å². The Labute approximate surface area is 78.9 Å². The summed E-state index contributed by atoms with van der Waals surface area (Å²) in [7, 11) is 0. The summed E-state index contributed by atoms with van der Waals surface area (Å²) in [6.45, 7) is 1.26. The summed E-state index contributed by atoms with van der Waals surface area (Å²) in [5.74, 6) is -0.140. The van der Waals surface area contributed by atoms with E-state index in [1.54, 1.807) is 0 Å². The van der Waals surface area contributed by atoms with Crippen molar-refractivity contribution < 1.29 is 19.1 Å². The first-order chi connectivity index (χ1) is 6.58. The number of ether oxygens (including phenoxy) is 1. The zero-order valence-electron chi connectivity index (χ0n) is 7.31. The largest absolute Gasteiger partial charge is 0.556 e. The third-order valence-corrected chi connectivity index (χ3v) is 1.29. The molecule has 1 aromatic rings. The Morgan fingerprint density at radius 2 is 2.07 bits per heavy atom. The van der Waals surface area contributed by atoms with Gasteiger partial charge in [-0.1, -0.05) is 0 Å². The minimum Gasteiger partial charge on any atom is -0.556 e. The fourth-order valence-corrected chi connectivity index (χ4v) is 0.838. The van der Waals surface area contributed by atoms with E-state index >= 15 is 0 Å². The molecule has 0 aliphatic rings. The predicted molar refractivity (Wildman–Crippen MR) is 44.6 cm³/mol. The van der Waals surface area contributed by atoms with Crippen molar-refractivity contribution in [1.82, 2.24) is 0 Å². The average Bonchev–Trinajstić information content (AvgIpc) is 2.06. The van der Waals surface area contributed by atoms with Crippen molar-refractivity contribution in [2.45, 2.75) is 6.92 Å². The third kappa shape index (κ3) is 3.18. The second-order valence-electron chi connectivity index (χ2n) is 2.41. The number of carbonyl (C=O) groups excluding carboxylic acids is 1. The molecule has 0 atom stereocenters. The van der Waals surface area contributed by atoms with Crippen LogP contribution in [-0.2, 0) is 4.79 Å². The number of benzene rings is 1. The molecule has 0 unspecified atom stereocenters. The van der Waals surface area contributed by atoms with E-state index in [0.29, 0.717) is 5.75 Å². The van der Waals surface area contributed by atoms with Gasteiger partial charge in [-0.05, 0) is 24.3 Å². The second-order valence-corrected chi connectivity index (χ2v) is 2.41. The first-order valence-electron chi connectivity index (χ1n) is 3.71. The molecule has 5 nitrogen and oxygen atoms in total. The van der Waals surface area contributed by atoms with E-state index in [9.17, 15) is 14.5 Å². The zero-order chi connectivity index (χ0) is 10.6. The highest BCUT2D eigenvalue weighted by Gasteiger charge is 2.00. The quantitative estimate of drug-likeness (QED) is 0.240. The summed E-state index contributed by atoms with van der Waals surface area (Å²) in [4.78, 5) is 10.5. The van der Waals surface area contributed by atoms with E-state index in [1.165, 1.54) is 31.2 Å². The van der Waals surface area contributed by atoms with Crippen LogP contribution in [0.25, 0.3) is 0 Å². The normalized spacial score (nSPS) is 11.1. The Morgan fingerprint density at radius 3 is 2.50 bits per heavy atom. The Morgan fingerprint density at radius 1 is 1.50 bits per heavy atom. The minimum atomic E-state index is -1.04. The molecule has 0 heterocycles. The van der Waals surface area contributed by atoms with Gasteiger partial charge in [0.2, 0.25) is 0 Å². The number of carbonyl (C=O) groups is 1. The molecular weight excluding hydrogens is 191 g/mol. The van der Waals surface area contributed by atoms with Gasteiger partial charge in [0.15, 0.2) is 5.08 Å². The number of rotatable bonds is 2. The first-order valence-corrected chi connectivity index (χ1v) is 3.71. The van der Waals surface area contributed by atoms with Crippen LogP contribution >= 0.6 is 0 Å². The van der Waals surface area contributed by atoms with Gasteiger partial charge in [-0.15, -0.1) is 0 Å². The summed E-state index contributed by atoms with van der Waals surface area (Å²) in [6.07, 6.45) is 0. The lowest BCUT2D eigenvalue weighted by molar-refractivity contribution is -0.707. The minimum absolute atomic E-state index is 0.137. The Balaban J connectivity index is 2.78. The molecule has 0 radical (unpaired) electrons. The highest BCUT2D eigenvalue weighted by atomic mass is 19.2. The lowest BCUT2D eigenvalue weighted by atomic mass is 10.3. The molecule has 0 aliphatic heterocycles. The van der Waals surface area contributed by atoms with Gasteiger partial charge in [0.1, 0.15) is 15.9 Å². The van der Waals surface area contributed by atoms with Gasteiger partial charge in [-0.2, -0.15) is 0 Å². The SMILES string of the molecule is CC(=O)Oc1ccc(N=[N+]([O-])F)cc1. The lowest BCUT2D eigenvalue weighted by Gasteiger charge is -1.98. The maximum Gasteiger partial charge on any atom is 0.308 e. The average molecular weight is 198 g/mol. The number of hydrogen-bond donors (Lipinski definition) is 0. The van der Waals surface area contributed by atoms with Crippen molar-refractivity contribution in [3.8, 4) is 5.75 Å².